The maximum Gasteiger partial charge on any atom is 0.235 e. The molecule has 0 radical (unpaired) electrons. The number of aliphatic hydroxyl groups is 1. The zero-order valence-electron chi connectivity index (χ0n) is 15.4. The van der Waals surface area contributed by atoms with E-state index in [1.54, 1.807) is 12.1 Å². The number of fused-ring (bicyclic) bond motifs is 3. The Kier molecular flexibility index (Phi) is 3.16. The number of carbonyl (C=O) groups is 2. The summed E-state index contributed by atoms with van der Waals surface area (Å²) in [7, 11) is 0. The van der Waals surface area contributed by atoms with Crippen molar-refractivity contribution < 1.29 is 24.2 Å². The van der Waals surface area contributed by atoms with Crippen molar-refractivity contribution in [2.24, 2.45) is 29.6 Å². The number of carbonyl (C=O) groups excluding carboxylic acids is 2. The van der Waals surface area contributed by atoms with E-state index >= 15 is 0 Å². The molecule has 5 aliphatic carbocycles. The molecule has 146 valence electrons. The van der Waals surface area contributed by atoms with Crippen molar-refractivity contribution in [2.45, 2.75) is 19.3 Å². The van der Waals surface area contributed by atoms with Crippen LogP contribution in [0, 0.1) is 29.6 Å². The van der Waals surface area contributed by atoms with Gasteiger partial charge in [0, 0.05) is 12.2 Å². The zero-order valence-corrected chi connectivity index (χ0v) is 15.4. The molecule has 0 spiro atoms. The Labute approximate surface area is 165 Å². The second-order valence-electron chi connectivity index (χ2n) is 8.69. The van der Waals surface area contributed by atoms with Crippen LogP contribution in [0.3, 0.4) is 0 Å². The SMILES string of the molecule is O=C1C=C(c2oc3cc(CC4CCC5C6C4C56)ccc3c(=O)c2O)C(=O)C=C1O. The van der Waals surface area contributed by atoms with E-state index in [0.717, 1.165) is 47.8 Å². The molecule has 3 unspecified atom stereocenters. The standard InChI is InChI=1S/C23H18O6/c24-14-8-16(26)15(25)7-13(14)23-22(28)21(27)11-3-1-9(6-17(11)29-23)5-10-2-4-12-19-18(10)20(12)19/h1,3,6-8,10,12,18-20,26,28H,2,4-5H2. The lowest BCUT2D eigenvalue weighted by Crippen LogP contribution is -2.22. The molecule has 6 nitrogen and oxygen atoms in total. The van der Waals surface area contributed by atoms with Crippen LogP contribution in [0.25, 0.3) is 16.5 Å². The van der Waals surface area contributed by atoms with Crippen LogP contribution < -0.4 is 5.43 Å². The van der Waals surface area contributed by atoms with Crippen LogP contribution >= 0.6 is 0 Å². The minimum Gasteiger partial charge on any atom is -0.504 e. The van der Waals surface area contributed by atoms with Gasteiger partial charge >= 0.3 is 0 Å². The number of benzene rings is 1. The maximum absolute atomic E-state index is 12.6. The zero-order chi connectivity index (χ0) is 20.0. The fourth-order valence-electron chi connectivity index (χ4n) is 5.66. The Morgan fingerprint density at radius 3 is 2.52 bits per heavy atom. The third-order valence-corrected chi connectivity index (χ3v) is 7.19. The van der Waals surface area contributed by atoms with Crippen molar-refractivity contribution in [1.29, 1.82) is 0 Å². The number of hydrogen-bond acceptors (Lipinski definition) is 6. The van der Waals surface area contributed by atoms with E-state index in [-0.39, 0.29) is 22.3 Å². The van der Waals surface area contributed by atoms with Crippen LogP contribution in [0.5, 0.6) is 5.75 Å². The van der Waals surface area contributed by atoms with E-state index in [1.165, 1.54) is 12.8 Å². The molecule has 0 aliphatic heterocycles. The highest BCUT2D eigenvalue weighted by atomic mass is 16.4. The molecule has 1 aromatic heterocycles. The van der Waals surface area contributed by atoms with Crippen molar-refractivity contribution in [3.8, 4) is 5.75 Å². The van der Waals surface area contributed by atoms with Gasteiger partial charge in [-0.05, 0) is 66.5 Å². The van der Waals surface area contributed by atoms with Crippen molar-refractivity contribution >= 4 is 28.1 Å². The van der Waals surface area contributed by atoms with Gasteiger partial charge in [0.05, 0.1) is 11.0 Å². The number of hydrogen-bond donors (Lipinski definition) is 2. The largest absolute Gasteiger partial charge is 0.504 e. The average Bonchev–Trinajstić information content (AvgIpc) is 3.60. The van der Waals surface area contributed by atoms with Crippen LogP contribution in [0.2, 0.25) is 0 Å². The molecular weight excluding hydrogens is 372 g/mol. The molecule has 1 heterocycles. The fourth-order valence-corrected chi connectivity index (χ4v) is 5.66. The first-order valence-corrected chi connectivity index (χ1v) is 9.94. The molecule has 7 rings (SSSR count). The number of aliphatic hydroxyl groups excluding tert-OH is 1. The molecule has 4 fully saturated rings. The van der Waals surface area contributed by atoms with Crippen molar-refractivity contribution in [2.75, 3.05) is 0 Å². The first-order chi connectivity index (χ1) is 13.9. The molecule has 6 heteroatoms. The molecule has 4 saturated carbocycles. The third kappa shape index (κ3) is 2.32. The number of rotatable bonds is 3. The van der Waals surface area contributed by atoms with Crippen molar-refractivity contribution in [3.05, 3.63) is 57.7 Å². The minimum absolute atomic E-state index is 0.224. The molecule has 0 saturated heterocycles. The van der Waals surface area contributed by atoms with Crippen LogP contribution in [-0.4, -0.2) is 21.8 Å². The van der Waals surface area contributed by atoms with Crippen LogP contribution in [-0.2, 0) is 16.0 Å². The number of allylic oxidation sites excluding steroid dienone is 3. The molecule has 0 amide bonds. The summed E-state index contributed by atoms with van der Waals surface area (Å²) in [4.78, 5) is 36.5. The van der Waals surface area contributed by atoms with E-state index in [2.05, 4.69) is 0 Å². The monoisotopic (exact) mass is 390 g/mol. The molecule has 29 heavy (non-hydrogen) atoms. The summed E-state index contributed by atoms with van der Waals surface area (Å²) in [6.45, 7) is 0. The minimum atomic E-state index is -0.783. The van der Waals surface area contributed by atoms with Gasteiger partial charge in [0.25, 0.3) is 0 Å². The van der Waals surface area contributed by atoms with E-state index in [1.807, 2.05) is 6.07 Å². The molecule has 3 atom stereocenters. The molecular formula is C23H18O6. The van der Waals surface area contributed by atoms with E-state index < -0.39 is 28.5 Å². The highest BCUT2D eigenvalue weighted by Gasteiger charge is 2.76. The van der Waals surface area contributed by atoms with Crippen molar-refractivity contribution in [1.82, 2.24) is 0 Å². The summed E-state index contributed by atoms with van der Waals surface area (Å²) < 4.78 is 5.74. The Balaban J connectivity index is 1.39. The van der Waals surface area contributed by atoms with E-state index in [4.69, 9.17) is 4.42 Å². The predicted octanol–water partition coefficient (Wildman–Crippen LogP) is 2.92. The maximum atomic E-state index is 12.6. The lowest BCUT2D eigenvalue weighted by atomic mass is 9.76. The molecule has 2 N–H and O–H groups in total. The quantitative estimate of drug-likeness (QED) is 0.781. The number of aromatic hydroxyl groups is 1. The van der Waals surface area contributed by atoms with E-state index in [0.29, 0.717) is 5.92 Å². The Bertz CT molecular complexity index is 1240. The highest BCUT2D eigenvalue weighted by Crippen LogP contribution is 2.80. The van der Waals surface area contributed by atoms with Gasteiger partial charge in [-0.3, -0.25) is 14.4 Å². The first-order valence-electron chi connectivity index (χ1n) is 9.94. The summed E-state index contributed by atoms with van der Waals surface area (Å²) in [5, 5.41) is 19.9. The second-order valence-corrected chi connectivity index (χ2v) is 8.69. The van der Waals surface area contributed by atoms with Gasteiger partial charge in [-0.15, -0.1) is 0 Å². The Hall–Kier alpha value is -3.15. The van der Waals surface area contributed by atoms with Crippen LogP contribution in [0.15, 0.2) is 45.3 Å². The van der Waals surface area contributed by atoms with Crippen LogP contribution in [0.1, 0.15) is 24.2 Å². The van der Waals surface area contributed by atoms with Gasteiger partial charge in [-0.25, -0.2) is 0 Å². The van der Waals surface area contributed by atoms with Gasteiger partial charge < -0.3 is 14.6 Å². The Morgan fingerprint density at radius 2 is 1.76 bits per heavy atom. The van der Waals surface area contributed by atoms with Gasteiger partial charge in [0.2, 0.25) is 17.0 Å². The second kappa shape index (κ2) is 5.47. The van der Waals surface area contributed by atoms with Gasteiger partial charge in [-0.2, -0.15) is 0 Å². The summed E-state index contributed by atoms with van der Waals surface area (Å²) in [5.41, 5.74) is 0.433. The van der Waals surface area contributed by atoms with Gasteiger partial charge in [0.1, 0.15) is 5.58 Å². The topological polar surface area (TPSA) is 105 Å². The summed E-state index contributed by atoms with van der Waals surface area (Å²) in [5.74, 6) is 1.21. The molecule has 2 aromatic rings. The van der Waals surface area contributed by atoms with Crippen molar-refractivity contribution in [3.63, 3.8) is 0 Å². The smallest absolute Gasteiger partial charge is 0.235 e. The lowest BCUT2D eigenvalue weighted by molar-refractivity contribution is -0.116. The third-order valence-electron chi connectivity index (χ3n) is 7.19. The molecule has 1 aromatic carbocycles. The number of ketones is 2. The summed E-state index contributed by atoms with van der Waals surface area (Å²) in [6.07, 6.45) is 5.13. The van der Waals surface area contributed by atoms with Gasteiger partial charge in [-0.1, -0.05) is 6.07 Å². The molecule has 2 bridgehead atoms. The molecule has 5 aliphatic rings. The Morgan fingerprint density at radius 1 is 0.966 bits per heavy atom. The summed E-state index contributed by atoms with van der Waals surface area (Å²) >= 11 is 0. The van der Waals surface area contributed by atoms with E-state index in [9.17, 15) is 24.6 Å². The lowest BCUT2D eigenvalue weighted by Gasteiger charge is -2.29. The van der Waals surface area contributed by atoms with Crippen LogP contribution in [0.4, 0.5) is 0 Å². The van der Waals surface area contributed by atoms with Gasteiger partial charge in [0.15, 0.2) is 17.3 Å². The predicted molar refractivity (Wildman–Crippen MR) is 103 cm³/mol. The fraction of sp³-hybridized carbons (Fsp3) is 0.348. The first kappa shape index (κ1) is 16.8. The average molecular weight is 390 g/mol. The highest BCUT2D eigenvalue weighted by molar-refractivity contribution is 6.34. The normalized spacial score (nSPS) is 31.9. The summed E-state index contributed by atoms with van der Waals surface area (Å²) in [6, 6.07) is 5.34.